The molecule has 0 bridgehead atoms. The molecular weight excluding hydrogens is 292 g/mol. The molecule has 0 radical (unpaired) electrons. The molecule has 3 aromatic rings. The van der Waals surface area contributed by atoms with Gasteiger partial charge in [0.2, 0.25) is 0 Å². The number of para-hydroxylation sites is 1. The minimum atomic E-state index is -0.0334. The van der Waals surface area contributed by atoms with Crippen LogP contribution in [0, 0.1) is 12.3 Å². The molecule has 0 atom stereocenters. The molecule has 0 unspecified atom stereocenters. The molecule has 0 fully saturated rings. The highest BCUT2D eigenvalue weighted by molar-refractivity contribution is 7.99. The van der Waals surface area contributed by atoms with Gasteiger partial charge in [0.25, 0.3) is 5.56 Å². The van der Waals surface area contributed by atoms with Crippen molar-refractivity contribution in [2.75, 3.05) is 5.75 Å². The van der Waals surface area contributed by atoms with Crippen LogP contribution < -0.4 is 5.56 Å². The van der Waals surface area contributed by atoms with Crippen LogP contribution in [0.1, 0.15) is 5.56 Å². The fourth-order valence-corrected chi connectivity index (χ4v) is 2.95. The molecule has 4 heteroatoms. The van der Waals surface area contributed by atoms with Crippen molar-refractivity contribution in [2.45, 2.75) is 11.7 Å². The van der Waals surface area contributed by atoms with Crippen molar-refractivity contribution in [3.05, 3.63) is 70.5 Å². The van der Waals surface area contributed by atoms with E-state index in [1.807, 2.05) is 54.6 Å². The predicted molar refractivity (Wildman–Crippen MR) is 91.1 cm³/mol. The van der Waals surface area contributed by atoms with Gasteiger partial charge in [-0.1, -0.05) is 60.1 Å². The van der Waals surface area contributed by atoms with Gasteiger partial charge in [0.05, 0.1) is 23.2 Å². The molecule has 1 heterocycles. The maximum absolute atomic E-state index is 12.8. The molecular formula is C18H14N2OS. The third-order valence-electron chi connectivity index (χ3n) is 3.29. The van der Waals surface area contributed by atoms with E-state index in [1.54, 1.807) is 4.57 Å². The van der Waals surface area contributed by atoms with E-state index < -0.39 is 0 Å². The minimum Gasteiger partial charge on any atom is -0.283 e. The molecule has 1 aromatic heterocycles. The Balaban J connectivity index is 2.15. The summed E-state index contributed by atoms with van der Waals surface area (Å²) in [5.74, 6) is 3.07. The standard InChI is InChI=1S/C18H14N2OS/c1-2-12-22-18-19-16-11-7-6-10-15(16)17(21)20(18)13-14-8-4-3-5-9-14/h1,3-11H,12-13H2. The van der Waals surface area contributed by atoms with Crippen molar-refractivity contribution in [1.82, 2.24) is 9.55 Å². The maximum Gasteiger partial charge on any atom is 0.262 e. The van der Waals surface area contributed by atoms with Gasteiger partial charge in [0.1, 0.15) is 0 Å². The quantitative estimate of drug-likeness (QED) is 0.422. The van der Waals surface area contributed by atoms with Crippen molar-refractivity contribution in [3.8, 4) is 12.3 Å². The smallest absolute Gasteiger partial charge is 0.262 e. The SMILES string of the molecule is C#CCSc1nc2ccccc2c(=O)n1Cc1ccccc1. The largest absolute Gasteiger partial charge is 0.283 e. The summed E-state index contributed by atoms with van der Waals surface area (Å²) in [7, 11) is 0. The molecule has 0 amide bonds. The Morgan fingerprint density at radius 1 is 1.09 bits per heavy atom. The zero-order valence-electron chi connectivity index (χ0n) is 11.9. The monoisotopic (exact) mass is 306 g/mol. The lowest BCUT2D eigenvalue weighted by Crippen LogP contribution is -2.24. The minimum absolute atomic E-state index is 0.0334. The number of nitrogens with zero attached hydrogens (tertiary/aromatic N) is 2. The molecule has 0 aliphatic heterocycles. The van der Waals surface area contributed by atoms with E-state index in [1.165, 1.54) is 11.8 Å². The molecule has 2 aromatic carbocycles. The molecule has 22 heavy (non-hydrogen) atoms. The topological polar surface area (TPSA) is 34.9 Å². The van der Waals surface area contributed by atoms with Crippen molar-refractivity contribution >= 4 is 22.7 Å². The van der Waals surface area contributed by atoms with Gasteiger partial charge in [-0.05, 0) is 17.7 Å². The Kier molecular flexibility index (Phi) is 4.27. The van der Waals surface area contributed by atoms with E-state index in [2.05, 4.69) is 10.9 Å². The molecule has 0 saturated carbocycles. The number of thioether (sulfide) groups is 1. The highest BCUT2D eigenvalue weighted by Gasteiger charge is 2.11. The second kappa shape index (κ2) is 6.50. The second-order valence-electron chi connectivity index (χ2n) is 4.78. The van der Waals surface area contributed by atoms with E-state index >= 15 is 0 Å². The van der Waals surface area contributed by atoms with Crippen LogP contribution in [0.4, 0.5) is 0 Å². The van der Waals surface area contributed by atoms with Crippen LogP contribution in [0.5, 0.6) is 0 Å². The Bertz CT molecular complexity index is 894. The number of rotatable bonds is 4. The number of fused-ring (bicyclic) bond motifs is 1. The van der Waals surface area contributed by atoms with Crippen LogP contribution in [-0.2, 0) is 6.54 Å². The van der Waals surface area contributed by atoms with Crippen LogP contribution >= 0.6 is 11.8 Å². The van der Waals surface area contributed by atoms with E-state index in [0.29, 0.717) is 28.4 Å². The van der Waals surface area contributed by atoms with E-state index in [-0.39, 0.29) is 5.56 Å². The lowest BCUT2D eigenvalue weighted by Gasteiger charge is -2.12. The fraction of sp³-hybridized carbons (Fsp3) is 0.111. The molecule has 3 nitrogen and oxygen atoms in total. The van der Waals surface area contributed by atoms with Crippen LogP contribution in [-0.4, -0.2) is 15.3 Å². The summed E-state index contributed by atoms with van der Waals surface area (Å²) in [5.41, 5.74) is 1.73. The van der Waals surface area contributed by atoms with E-state index in [9.17, 15) is 4.79 Å². The normalized spacial score (nSPS) is 10.5. The van der Waals surface area contributed by atoms with Crippen LogP contribution in [0.25, 0.3) is 10.9 Å². The molecule has 0 N–H and O–H groups in total. The average Bonchev–Trinajstić information content (AvgIpc) is 2.57. The first-order valence-corrected chi connectivity index (χ1v) is 7.88. The zero-order valence-corrected chi connectivity index (χ0v) is 12.7. The average molecular weight is 306 g/mol. The zero-order chi connectivity index (χ0) is 15.4. The molecule has 3 rings (SSSR count). The first kappa shape index (κ1) is 14.4. The van der Waals surface area contributed by atoms with Crippen molar-refractivity contribution in [2.24, 2.45) is 0 Å². The lowest BCUT2D eigenvalue weighted by atomic mass is 10.2. The molecule has 108 valence electrons. The van der Waals surface area contributed by atoms with Gasteiger partial charge >= 0.3 is 0 Å². The highest BCUT2D eigenvalue weighted by Crippen LogP contribution is 2.18. The molecule has 0 aliphatic rings. The third-order valence-corrected chi connectivity index (χ3v) is 4.18. The second-order valence-corrected chi connectivity index (χ2v) is 5.72. The maximum atomic E-state index is 12.8. The van der Waals surface area contributed by atoms with E-state index in [0.717, 1.165) is 5.56 Å². The summed E-state index contributed by atoms with van der Waals surface area (Å²) in [6, 6.07) is 17.3. The molecule has 0 aliphatic carbocycles. The first-order valence-electron chi connectivity index (χ1n) is 6.89. The number of benzene rings is 2. The lowest BCUT2D eigenvalue weighted by molar-refractivity contribution is 0.658. The number of hydrogen-bond donors (Lipinski definition) is 0. The van der Waals surface area contributed by atoms with E-state index in [4.69, 9.17) is 6.42 Å². The summed E-state index contributed by atoms with van der Waals surface area (Å²) in [6.07, 6.45) is 5.34. The Morgan fingerprint density at radius 2 is 1.82 bits per heavy atom. The first-order chi connectivity index (χ1) is 10.8. The van der Waals surface area contributed by atoms with Gasteiger partial charge in [-0.3, -0.25) is 9.36 Å². The fourth-order valence-electron chi connectivity index (χ4n) is 2.27. The van der Waals surface area contributed by atoms with Crippen LogP contribution in [0.2, 0.25) is 0 Å². The summed E-state index contributed by atoms with van der Waals surface area (Å²) in [5, 5.41) is 1.29. The number of terminal acetylenes is 1. The Morgan fingerprint density at radius 3 is 2.59 bits per heavy atom. The predicted octanol–water partition coefficient (Wildman–Crippen LogP) is 3.17. The van der Waals surface area contributed by atoms with Gasteiger partial charge in [-0.25, -0.2) is 4.98 Å². The Hall–Kier alpha value is -2.51. The number of hydrogen-bond acceptors (Lipinski definition) is 3. The summed E-state index contributed by atoms with van der Waals surface area (Å²) >= 11 is 1.41. The number of aromatic nitrogens is 2. The van der Waals surface area contributed by atoms with Crippen LogP contribution in [0.15, 0.2) is 64.5 Å². The van der Waals surface area contributed by atoms with Crippen LogP contribution in [0.3, 0.4) is 0 Å². The summed E-state index contributed by atoms with van der Waals surface area (Å²) in [6.45, 7) is 0.490. The van der Waals surface area contributed by atoms with Gasteiger partial charge in [0, 0.05) is 0 Å². The van der Waals surface area contributed by atoms with Gasteiger partial charge in [-0.2, -0.15) is 0 Å². The van der Waals surface area contributed by atoms with Gasteiger partial charge in [0.15, 0.2) is 5.16 Å². The Labute approximate surface area is 133 Å². The van der Waals surface area contributed by atoms with Crippen molar-refractivity contribution in [1.29, 1.82) is 0 Å². The van der Waals surface area contributed by atoms with Gasteiger partial charge < -0.3 is 0 Å². The van der Waals surface area contributed by atoms with Crippen molar-refractivity contribution in [3.63, 3.8) is 0 Å². The molecule has 0 spiro atoms. The summed E-state index contributed by atoms with van der Waals surface area (Å²) in [4.78, 5) is 17.4. The highest BCUT2D eigenvalue weighted by atomic mass is 32.2. The van der Waals surface area contributed by atoms with Gasteiger partial charge in [-0.15, -0.1) is 6.42 Å². The summed E-state index contributed by atoms with van der Waals surface area (Å²) < 4.78 is 1.69. The molecule has 0 saturated heterocycles. The third kappa shape index (κ3) is 2.90. The van der Waals surface area contributed by atoms with Crippen molar-refractivity contribution < 1.29 is 0 Å².